The van der Waals surface area contributed by atoms with Gasteiger partial charge in [0.25, 0.3) is 11.8 Å². The third-order valence-corrected chi connectivity index (χ3v) is 2.91. The van der Waals surface area contributed by atoms with E-state index in [-0.39, 0.29) is 11.4 Å². The van der Waals surface area contributed by atoms with E-state index in [1.165, 1.54) is 12.3 Å². The molecule has 114 valence electrons. The van der Waals surface area contributed by atoms with Gasteiger partial charge in [-0.25, -0.2) is 4.98 Å². The molecule has 0 saturated carbocycles. The predicted molar refractivity (Wildman–Crippen MR) is 81.8 cm³/mol. The molecule has 1 heterocycles. The lowest BCUT2D eigenvalue weighted by Crippen LogP contribution is -2.41. The first-order valence-electron chi connectivity index (χ1n) is 6.56. The molecule has 1 aromatic carbocycles. The highest BCUT2D eigenvalue weighted by Crippen LogP contribution is 2.14. The van der Waals surface area contributed by atoms with Gasteiger partial charge in [-0.15, -0.1) is 0 Å². The minimum absolute atomic E-state index is 0.208. The van der Waals surface area contributed by atoms with Gasteiger partial charge in [0.15, 0.2) is 0 Å². The number of nitrogens with one attached hydrogen (secondary N) is 2. The summed E-state index contributed by atoms with van der Waals surface area (Å²) >= 11 is 5.81. The molecule has 1 aromatic heterocycles. The molecule has 0 fully saturated rings. The van der Waals surface area contributed by atoms with E-state index >= 15 is 0 Å². The zero-order chi connectivity index (χ0) is 15.9. The third kappa shape index (κ3) is 3.95. The van der Waals surface area contributed by atoms with E-state index in [1.807, 2.05) is 0 Å². The van der Waals surface area contributed by atoms with E-state index < -0.39 is 11.8 Å². The van der Waals surface area contributed by atoms with Crippen molar-refractivity contribution in [3.8, 4) is 5.88 Å². The van der Waals surface area contributed by atoms with Crippen LogP contribution in [0.4, 0.5) is 0 Å². The van der Waals surface area contributed by atoms with E-state index in [4.69, 9.17) is 16.3 Å². The molecule has 2 rings (SSSR count). The van der Waals surface area contributed by atoms with Gasteiger partial charge in [0.1, 0.15) is 5.56 Å². The Balaban J connectivity index is 2.02. The zero-order valence-corrected chi connectivity index (χ0v) is 12.6. The highest BCUT2D eigenvalue weighted by Gasteiger charge is 2.14. The summed E-state index contributed by atoms with van der Waals surface area (Å²) < 4.78 is 5.26. The van der Waals surface area contributed by atoms with E-state index in [2.05, 4.69) is 15.8 Å². The van der Waals surface area contributed by atoms with Crippen LogP contribution in [0.5, 0.6) is 5.88 Å². The monoisotopic (exact) mass is 319 g/mol. The first-order valence-corrected chi connectivity index (χ1v) is 6.93. The molecule has 0 saturated heterocycles. The van der Waals surface area contributed by atoms with Crippen LogP contribution in [0, 0.1) is 0 Å². The number of nitrogens with zero attached hydrogens (tertiary/aromatic N) is 1. The highest BCUT2D eigenvalue weighted by molar-refractivity contribution is 6.30. The van der Waals surface area contributed by atoms with E-state index in [0.717, 1.165) is 0 Å². The molecule has 0 atom stereocenters. The predicted octanol–water partition coefficient (Wildman–Crippen LogP) is 2.21. The molecule has 0 radical (unpaired) electrons. The van der Waals surface area contributed by atoms with Gasteiger partial charge in [-0.05, 0) is 37.3 Å². The number of halogens is 1. The van der Waals surface area contributed by atoms with Gasteiger partial charge < -0.3 is 4.74 Å². The molecule has 0 aliphatic rings. The SMILES string of the molecule is CCOc1ncccc1C(=O)NNC(=O)c1cccc(Cl)c1. The molecule has 22 heavy (non-hydrogen) atoms. The summed E-state index contributed by atoms with van der Waals surface area (Å²) in [6.45, 7) is 2.17. The largest absolute Gasteiger partial charge is 0.477 e. The normalized spacial score (nSPS) is 9.91. The average Bonchev–Trinajstić information content (AvgIpc) is 2.53. The number of carbonyl (C=O) groups is 2. The number of hydrazine groups is 1. The summed E-state index contributed by atoms with van der Waals surface area (Å²) in [5, 5.41) is 0.435. The Hall–Kier alpha value is -2.60. The van der Waals surface area contributed by atoms with Gasteiger partial charge >= 0.3 is 0 Å². The van der Waals surface area contributed by atoms with Crippen molar-refractivity contribution < 1.29 is 14.3 Å². The lowest BCUT2D eigenvalue weighted by Gasteiger charge is -2.10. The molecule has 7 heteroatoms. The van der Waals surface area contributed by atoms with Crippen LogP contribution < -0.4 is 15.6 Å². The third-order valence-electron chi connectivity index (χ3n) is 2.67. The first kappa shape index (κ1) is 15.8. The Morgan fingerprint density at radius 2 is 1.95 bits per heavy atom. The van der Waals surface area contributed by atoms with Crippen LogP contribution in [0.3, 0.4) is 0 Å². The van der Waals surface area contributed by atoms with Crippen LogP contribution in [0.25, 0.3) is 0 Å². The van der Waals surface area contributed by atoms with Crippen LogP contribution in [-0.4, -0.2) is 23.4 Å². The number of hydrogen-bond acceptors (Lipinski definition) is 4. The number of benzene rings is 1. The average molecular weight is 320 g/mol. The van der Waals surface area contributed by atoms with Crippen LogP contribution in [0.1, 0.15) is 27.6 Å². The molecule has 6 nitrogen and oxygen atoms in total. The van der Waals surface area contributed by atoms with Crippen molar-refractivity contribution in [2.24, 2.45) is 0 Å². The number of amides is 2. The molecule has 2 aromatic rings. The molecule has 0 aliphatic carbocycles. The Kier molecular flexibility index (Phi) is 5.32. The second-order valence-electron chi connectivity index (χ2n) is 4.21. The van der Waals surface area contributed by atoms with Crippen LogP contribution in [-0.2, 0) is 0 Å². The minimum Gasteiger partial charge on any atom is -0.477 e. The van der Waals surface area contributed by atoms with Crippen LogP contribution >= 0.6 is 11.6 Å². The summed E-state index contributed by atoms with van der Waals surface area (Å²) in [6, 6.07) is 9.55. The maximum absolute atomic E-state index is 12.1. The fourth-order valence-corrected chi connectivity index (χ4v) is 1.89. The van der Waals surface area contributed by atoms with Gasteiger partial charge in [-0.2, -0.15) is 0 Å². The van der Waals surface area contributed by atoms with Gasteiger partial charge in [0.05, 0.1) is 6.61 Å². The van der Waals surface area contributed by atoms with Gasteiger partial charge in [0.2, 0.25) is 5.88 Å². The van der Waals surface area contributed by atoms with E-state index in [9.17, 15) is 9.59 Å². The lowest BCUT2D eigenvalue weighted by atomic mass is 10.2. The van der Waals surface area contributed by atoms with Crippen molar-refractivity contribution in [2.75, 3.05) is 6.61 Å². The molecule has 2 amide bonds. The maximum atomic E-state index is 12.1. The van der Waals surface area contributed by atoms with Gasteiger partial charge in [-0.1, -0.05) is 17.7 Å². The van der Waals surface area contributed by atoms with Crippen molar-refractivity contribution in [1.82, 2.24) is 15.8 Å². The molecule has 0 bridgehead atoms. The summed E-state index contributed by atoms with van der Waals surface area (Å²) in [5.74, 6) is -0.788. The molecular weight excluding hydrogens is 306 g/mol. The maximum Gasteiger partial charge on any atom is 0.275 e. The fraction of sp³-hybridized carbons (Fsp3) is 0.133. The summed E-state index contributed by atoms with van der Waals surface area (Å²) in [7, 11) is 0. The van der Waals surface area contributed by atoms with Crippen molar-refractivity contribution in [3.05, 3.63) is 58.7 Å². The molecule has 0 aliphatic heterocycles. The highest BCUT2D eigenvalue weighted by atomic mass is 35.5. The van der Waals surface area contributed by atoms with Crippen LogP contribution in [0.2, 0.25) is 5.02 Å². The van der Waals surface area contributed by atoms with E-state index in [0.29, 0.717) is 17.2 Å². The van der Waals surface area contributed by atoms with Crippen molar-refractivity contribution in [2.45, 2.75) is 6.92 Å². The quantitative estimate of drug-likeness (QED) is 0.847. The summed E-state index contributed by atoms with van der Waals surface area (Å²) in [6.07, 6.45) is 1.52. The molecule has 0 unspecified atom stereocenters. The summed E-state index contributed by atoms with van der Waals surface area (Å²) in [4.78, 5) is 28.0. The minimum atomic E-state index is -0.521. The van der Waals surface area contributed by atoms with Gasteiger partial charge in [0, 0.05) is 16.8 Å². The first-order chi connectivity index (χ1) is 10.6. The Bertz CT molecular complexity index is 691. The molecule has 0 spiro atoms. The number of aromatic nitrogens is 1. The Morgan fingerprint density at radius 1 is 1.18 bits per heavy atom. The van der Waals surface area contributed by atoms with E-state index in [1.54, 1.807) is 37.3 Å². The van der Waals surface area contributed by atoms with Gasteiger partial charge in [-0.3, -0.25) is 20.4 Å². The Labute approximate surface area is 132 Å². The zero-order valence-electron chi connectivity index (χ0n) is 11.8. The number of carbonyl (C=O) groups excluding carboxylic acids is 2. The number of rotatable bonds is 4. The molecular formula is C15H14ClN3O3. The topological polar surface area (TPSA) is 80.3 Å². The number of ether oxygens (including phenoxy) is 1. The van der Waals surface area contributed by atoms with Crippen molar-refractivity contribution in [1.29, 1.82) is 0 Å². The lowest BCUT2D eigenvalue weighted by molar-refractivity contribution is 0.0844. The number of hydrogen-bond donors (Lipinski definition) is 2. The Morgan fingerprint density at radius 3 is 2.68 bits per heavy atom. The van der Waals surface area contributed by atoms with Crippen LogP contribution in [0.15, 0.2) is 42.6 Å². The number of pyridine rings is 1. The summed E-state index contributed by atoms with van der Waals surface area (Å²) in [5.41, 5.74) is 5.20. The van der Waals surface area contributed by atoms with Crippen molar-refractivity contribution >= 4 is 23.4 Å². The van der Waals surface area contributed by atoms with Crippen molar-refractivity contribution in [3.63, 3.8) is 0 Å². The fourth-order valence-electron chi connectivity index (χ4n) is 1.70. The second kappa shape index (κ2) is 7.42. The second-order valence-corrected chi connectivity index (χ2v) is 4.64. The standard InChI is InChI=1S/C15H14ClN3O3/c1-2-22-15-12(7-4-8-17-15)14(21)19-18-13(20)10-5-3-6-11(16)9-10/h3-9H,2H2,1H3,(H,18,20)(H,19,21). The smallest absolute Gasteiger partial charge is 0.275 e. The molecule has 2 N–H and O–H groups in total.